The average Bonchev–Trinajstić information content (AvgIpc) is 2.62. The van der Waals surface area contributed by atoms with Crippen LogP contribution < -0.4 is 16.0 Å². The van der Waals surface area contributed by atoms with Crippen LogP contribution in [0.5, 0.6) is 0 Å². The molecule has 3 rings (SSSR count). The van der Waals surface area contributed by atoms with Gasteiger partial charge in [0.25, 0.3) is 0 Å². The van der Waals surface area contributed by atoms with E-state index in [0.717, 1.165) is 29.2 Å². The first-order valence-electron chi connectivity index (χ1n) is 9.27. The molecule has 0 fully saturated rings. The van der Waals surface area contributed by atoms with Crippen molar-refractivity contribution in [3.63, 3.8) is 0 Å². The van der Waals surface area contributed by atoms with Crippen LogP contribution in [0.1, 0.15) is 54.8 Å². The van der Waals surface area contributed by atoms with E-state index >= 15 is 0 Å². The number of primary amides is 1. The van der Waals surface area contributed by atoms with E-state index in [9.17, 15) is 9.59 Å². The Bertz CT molecular complexity index is 880. The van der Waals surface area contributed by atoms with Crippen LogP contribution in [0.25, 0.3) is 0 Å². The molecule has 6 nitrogen and oxygen atoms in total. The van der Waals surface area contributed by atoms with Crippen molar-refractivity contribution in [2.75, 3.05) is 10.2 Å². The zero-order valence-electron chi connectivity index (χ0n) is 16.2. The van der Waals surface area contributed by atoms with E-state index in [1.165, 1.54) is 0 Å². The van der Waals surface area contributed by atoms with Crippen molar-refractivity contribution >= 4 is 23.3 Å². The molecule has 1 aliphatic rings. The average molecular weight is 366 g/mol. The minimum Gasteiger partial charge on any atom is -0.366 e. The van der Waals surface area contributed by atoms with Crippen molar-refractivity contribution in [2.45, 2.75) is 46.2 Å². The third-order valence-corrected chi connectivity index (χ3v) is 5.32. The van der Waals surface area contributed by atoms with Crippen LogP contribution in [0.3, 0.4) is 0 Å². The summed E-state index contributed by atoms with van der Waals surface area (Å²) in [6.45, 7) is 7.73. The molecule has 1 aliphatic heterocycles. The second-order valence-electron chi connectivity index (χ2n) is 7.15. The Balaban J connectivity index is 2.14. The van der Waals surface area contributed by atoms with E-state index < -0.39 is 5.91 Å². The van der Waals surface area contributed by atoms with Crippen LogP contribution in [-0.4, -0.2) is 22.8 Å². The summed E-state index contributed by atoms with van der Waals surface area (Å²) in [7, 11) is 0. The van der Waals surface area contributed by atoms with Crippen LogP contribution in [0.2, 0.25) is 0 Å². The Labute approximate surface area is 159 Å². The molecule has 0 bridgehead atoms. The molecule has 0 radical (unpaired) electrons. The number of nitrogens with zero attached hydrogens (tertiary/aromatic N) is 2. The highest BCUT2D eigenvalue weighted by Crippen LogP contribution is 2.43. The van der Waals surface area contributed by atoms with E-state index in [1.54, 1.807) is 19.1 Å². The Kier molecular flexibility index (Phi) is 5.17. The predicted octanol–water partition coefficient (Wildman–Crippen LogP) is 3.42. The van der Waals surface area contributed by atoms with Gasteiger partial charge in [0, 0.05) is 35.8 Å². The molecular formula is C21H26N4O2. The summed E-state index contributed by atoms with van der Waals surface area (Å²) in [5.41, 5.74) is 8.56. The summed E-state index contributed by atoms with van der Waals surface area (Å²) in [6, 6.07) is 11.1. The number of nitrogens with two attached hydrogens (primary N) is 1. The lowest BCUT2D eigenvalue weighted by molar-refractivity contribution is -0.117. The van der Waals surface area contributed by atoms with Gasteiger partial charge in [-0.2, -0.15) is 0 Å². The van der Waals surface area contributed by atoms with Gasteiger partial charge in [-0.1, -0.05) is 19.9 Å². The molecule has 1 unspecified atom stereocenters. The Morgan fingerprint density at radius 1 is 1.26 bits per heavy atom. The van der Waals surface area contributed by atoms with Gasteiger partial charge in [-0.3, -0.25) is 9.59 Å². The van der Waals surface area contributed by atoms with Gasteiger partial charge in [0.2, 0.25) is 11.8 Å². The fraction of sp³-hybridized carbons (Fsp3) is 0.381. The number of carbonyl (C=O) groups is 2. The Morgan fingerprint density at radius 3 is 2.59 bits per heavy atom. The number of pyridine rings is 1. The lowest BCUT2D eigenvalue weighted by atomic mass is 9.80. The van der Waals surface area contributed by atoms with E-state index in [2.05, 4.69) is 24.1 Å². The number of nitrogens with one attached hydrogen (secondary N) is 1. The van der Waals surface area contributed by atoms with Crippen molar-refractivity contribution in [1.29, 1.82) is 0 Å². The summed E-state index contributed by atoms with van der Waals surface area (Å²) in [4.78, 5) is 30.5. The molecule has 1 aromatic carbocycles. The van der Waals surface area contributed by atoms with Crippen LogP contribution >= 0.6 is 0 Å². The van der Waals surface area contributed by atoms with E-state index in [1.807, 2.05) is 36.1 Å². The lowest BCUT2D eigenvalue weighted by Crippen LogP contribution is -2.49. The summed E-state index contributed by atoms with van der Waals surface area (Å²) < 4.78 is 0. The highest BCUT2D eigenvalue weighted by Gasteiger charge is 2.40. The maximum atomic E-state index is 12.4. The van der Waals surface area contributed by atoms with E-state index in [0.29, 0.717) is 5.56 Å². The quantitative estimate of drug-likeness (QED) is 0.868. The first-order valence-corrected chi connectivity index (χ1v) is 9.27. The molecule has 0 saturated heterocycles. The molecule has 3 N–H and O–H groups in total. The number of hydrogen-bond acceptors (Lipinski definition) is 4. The lowest BCUT2D eigenvalue weighted by Gasteiger charge is -2.45. The smallest absolute Gasteiger partial charge is 0.248 e. The third kappa shape index (κ3) is 3.52. The van der Waals surface area contributed by atoms with E-state index in [4.69, 9.17) is 5.73 Å². The Morgan fingerprint density at radius 2 is 2.00 bits per heavy atom. The van der Waals surface area contributed by atoms with Crippen molar-refractivity contribution in [3.05, 3.63) is 53.2 Å². The highest BCUT2D eigenvalue weighted by atomic mass is 16.2. The second-order valence-corrected chi connectivity index (χ2v) is 7.15. The molecule has 0 spiro atoms. The topological polar surface area (TPSA) is 88.3 Å². The molecule has 1 aromatic heterocycles. The van der Waals surface area contributed by atoms with Gasteiger partial charge in [0.15, 0.2) is 0 Å². The number of hydrogen-bond donors (Lipinski definition) is 2. The van der Waals surface area contributed by atoms with Gasteiger partial charge in [0.05, 0.1) is 6.04 Å². The SMILES string of the molecule is CC[C@H]1[C@H](C)C(Nc2cccc(C)n2)c2cc(C(N)=O)ccc2N1C(C)=O. The number of aryl methyl sites for hydroxylation is 1. The number of benzene rings is 1. The standard InChI is InChI=1S/C21H26N4O2/c1-5-17-13(3)20(24-19-8-6-7-12(2)23-19)16-11-15(21(22)27)9-10-18(16)25(17)14(4)26/h6-11,13,17,20H,5H2,1-4H3,(H2,22,27)(H,23,24)/t13-,17-,20?/m0/s1. The maximum absolute atomic E-state index is 12.4. The zero-order valence-corrected chi connectivity index (χ0v) is 16.2. The molecule has 2 aromatic rings. The molecule has 142 valence electrons. The number of carbonyl (C=O) groups excluding carboxylic acids is 2. The van der Waals surface area contributed by atoms with Gasteiger partial charge in [0.1, 0.15) is 5.82 Å². The summed E-state index contributed by atoms with van der Waals surface area (Å²) in [5, 5.41) is 3.52. The minimum atomic E-state index is -0.482. The first-order chi connectivity index (χ1) is 12.8. The number of aromatic nitrogens is 1. The van der Waals surface area contributed by atoms with Crippen molar-refractivity contribution < 1.29 is 9.59 Å². The molecule has 3 atom stereocenters. The van der Waals surface area contributed by atoms with Crippen LogP contribution in [0, 0.1) is 12.8 Å². The van der Waals surface area contributed by atoms with Crippen LogP contribution in [0.15, 0.2) is 36.4 Å². The molecule has 2 amide bonds. The molecule has 2 heterocycles. The molecule has 0 aliphatic carbocycles. The number of fused-ring (bicyclic) bond motifs is 1. The van der Waals surface area contributed by atoms with Gasteiger partial charge in [-0.05, 0) is 49.2 Å². The van der Waals surface area contributed by atoms with Gasteiger partial charge < -0.3 is 16.0 Å². The van der Waals surface area contributed by atoms with Gasteiger partial charge >= 0.3 is 0 Å². The number of anilines is 2. The van der Waals surface area contributed by atoms with Gasteiger partial charge in [-0.15, -0.1) is 0 Å². The van der Waals surface area contributed by atoms with Crippen molar-refractivity contribution in [2.24, 2.45) is 11.7 Å². The number of rotatable bonds is 4. The van der Waals surface area contributed by atoms with Gasteiger partial charge in [-0.25, -0.2) is 4.98 Å². The zero-order chi connectivity index (χ0) is 19.7. The highest BCUT2D eigenvalue weighted by molar-refractivity contribution is 5.97. The molecular weight excluding hydrogens is 340 g/mol. The minimum absolute atomic E-state index is 0.00564. The van der Waals surface area contributed by atoms with Crippen molar-refractivity contribution in [1.82, 2.24) is 4.98 Å². The second kappa shape index (κ2) is 7.39. The monoisotopic (exact) mass is 366 g/mol. The molecule has 6 heteroatoms. The van der Waals surface area contributed by atoms with Crippen molar-refractivity contribution in [3.8, 4) is 0 Å². The number of amides is 2. The van der Waals surface area contributed by atoms with E-state index in [-0.39, 0.29) is 23.9 Å². The normalized spacial score (nSPS) is 21.5. The summed E-state index contributed by atoms with van der Waals surface area (Å²) in [5.74, 6) is 0.407. The summed E-state index contributed by atoms with van der Waals surface area (Å²) >= 11 is 0. The first kappa shape index (κ1) is 18.9. The summed E-state index contributed by atoms with van der Waals surface area (Å²) in [6.07, 6.45) is 0.831. The fourth-order valence-electron chi connectivity index (χ4n) is 4.04. The fourth-order valence-corrected chi connectivity index (χ4v) is 4.04. The third-order valence-electron chi connectivity index (χ3n) is 5.32. The van der Waals surface area contributed by atoms with Crippen LogP contribution in [0.4, 0.5) is 11.5 Å². The van der Waals surface area contributed by atoms with Crippen LogP contribution in [-0.2, 0) is 4.79 Å². The predicted molar refractivity (Wildman–Crippen MR) is 107 cm³/mol. The molecule has 0 saturated carbocycles. The largest absolute Gasteiger partial charge is 0.366 e. The molecule has 27 heavy (non-hydrogen) atoms. The Hall–Kier alpha value is -2.89. The maximum Gasteiger partial charge on any atom is 0.248 e.